The lowest BCUT2D eigenvalue weighted by Crippen LogP contribution is -2.46. The van der Waals surface area contributed by atoms with Crippen molar-refractivity contribution in [2.45, 2.75) is 58.9 Å². The van der Waals surface area contributed by atoms with Crippen molar-refractivity contribution in [2.24, 2.45) is 5.92 Å². The van der Waals surface area contributed by atoms with Gasteiger partial charge < -0.3 is 19.4 Å². The molecule has 7 nitrogen and oxygen atoms in total. The van der Waals surface area contributed by atoms with Crippen LogP contribution in [0.3, 0.4) is 0 Å². The van der Waals surface area contributed by atoms with E-state index in [1.165, 1.54) is 13.5 Å². The number of esters is 1. The number of benzene rings is 1. The van der Waals surface area contributed by atoms with Crippen LogP contribution in [0, 0.1) is 19.8 Å². The zero-order valence-electron chi connectivity index (χ0n) is 20.2. The molecular weight excluding hydrogens is 420 g/mol. The van der Waals surface area contributed by atoms with E-state index in [9.17, 15) is 14.4 Å². The van der Waals surface area contributed by atoms with Gasteiger partial charge in [0.1, 0.15) is 11.4 Å². The van der Waals surface area contributed by atoms with Crippen LogP contribution in [-0.4, -0.2) is 54.3 Å². The number of aromatic nitrogens is 1. The predicted octanol–water partition coefficient (Wildman–Crippen LogP) is 4.72. The molecule has 1 aromatic heterocycles. The molecule has 0 radical (unpaired) electrons. The Bertz CT molecular complexity index is 1000. The summed E-state index contributed by atoms with van der Waals surface area (Å²) in [6.07, 6.45) is 5.63. The van der Waals surface area contributed by atoms with Crippen LogP contribution in [0.2, 0.25) is 0 Å². The van der Waals surface area contributed by atoms with Gasteiger partial charge in [0.15, 0.2) is 5.78 Å². The van der Waals surface area contributed by atoms with E-state index in [0.29, 0.717) is 40.6 Å². The number of carbonyl (C=O) groups is 3. The Hall–Kier alpha value is -3.09. The first kappa shape index (κ1) is 24.6. The second-order valence-electron chi connectivity index (χ2n) is 8.85. The molecular formula is C26H34N2O5. The minimum atomic E-state index is -0.680. The molecule has 1 saturated carbocycles. The molecule has 0 bridgehead atoms. The number of nitrogens with one attached hydrogen (secondary N) is 1. The first-order valence-corrected chi connectivity index (χ1v) is 11.5. The van der Waals surface area contributed by atoms with Gasteiger partial charge in [-0.3, -0.25) is 9.59 Å². The lowest BCUT2D eigenvalue weighted by Gasteiger charge is -2.33. The molecule has 1 N–H and O–H groups in total. The van der Waals surface area contributed by atoms with Crippen LogP contribution in [0.1, 0.15) is 81.5 Å². The fourth-order valence-corrected chi connectivity index (χ4v) is 4.74. The van der Waals surface area contributed by atoms with Crippen LogP contribution in [-0.2, 0) is 4.74 Å². The maximum absolute atomic E-state index is 13.6. The maximum atomic E-state index is 13.6. The molecule has 1 aliphatic rings. The normalized spacial score (nSPS) is 15.1. The van der Waals surface area contributed by atoms with E-state index in [0.717, 1.165) is 25.7 Å². The minimum absolute atomic E-state index is 0.178. The molecule has 1 aromatic carbocycles. The Kier molecular flexibility index (Phi) is 7.95. The van der Waals surface area contributed by atoms with Crippen molar-refractivity contribution in [2.75, 3.05) is 20.8 Å². The number of Topliss-reactive ketones (excluding diaryl/α,β-unsaturated/α-hetero) is 1. The Morgan fingerprint density at radius 2 is 1.70 bits per heavy atom. The molecule has 1 fully saturated rings. The van der Waals surface area contributed by atoms with Gasteiger partial charge in [-0.05, 0) is 69.4 Å². The van der Waals surface area contributed by atoms with Crippen LogP contribution < -0.4 is 4.74 Å². The lowest BCUT2D eigenvalue weighted by molar-refractivity contribution is 0.0577. The van der Waals surface area contributed by atoms with E-state index in [1.54, 1.807) is 57.0 Å². The minimum Gasteiger partial charge on any atom is -0.497 e. The summed E-state index contributed by atoms with van der Waals surface area (Å²) in [7, 11) is 2.89. The standard InChI is InChI=1S/C26H34N2O5/c1-16-22(17(2)27-23(16)26(31)33-5)24(29)18(3)28(15-19-9-7-6-8-10-19)25(30)20-11-13-21(32-4)14-12-20/h11-14,18-19,27H,6-10,15H2,1-5H3. The van der Waals surface area contributed by atoms with Crippen molar-refractivity contribution >= 4 is 17.7 Å². The van der Waals surface area contributed by atoms with E-state index in [1.807, 2.05) is 0 Å². The van der Waals surface area contributed by atoms with E-state index in [4.69, 9.17) is 9.47 Å². The molecule has 3 rings (SSSR count). The number of aromatic amines is 1. The van der Waals surface area contributed by atoms with Gasteiger partial charge in [0, 0.05) is 23.4 Å². The summed E-state index contributed by atoms with van der Waals surface area (Å²) in [5.41, 5.74) is 2.37. The average molecular weight is 455 g/mol. The highest BCUT2D eigenvalue weighted by atomic mass is 16.5. The molecule has 2 aromatic rings. The van der Waals surface area contributed by atoms with Crippen LogP contribution in [0.5, 0.6) is 5.75 Å². The van der Waals surface area contributed by atoms with Gasteiger partial charge in [-0.2, -0.15) is 0 Å². The molecule has 0 saturated heterocycles. The number of hydrogen-bond donors (Lipinski definition) is 1. The van der Waals surface area contributed by atoms with E-state index in [-0.39, 0.29) is 17.4 Å². The third-order valence-corrected chi connectivity index (χ3v) is 6.70. The molecule has 1 unspecified atom stereocenters. The summed E-state index contributed by atoms with van der Waals surface area (Å²) < 4.78 is 10.0. The van der Waals surface area contributed by atoms with Crippen molar-refractivity contribution < 1.29 is 23.9 Å². The zero-order valence-corrected chi connectivity index (χ0v) is 20.2. The van der Waals surface area contributed by atoms with Crippen LogP contribution in [0.25, 0.3) is 0 Å². The largest absolute Gasteiger partial charge is 0.497 e. The number of H-pyrrole nitrogens is 1. The summed E-state index contributed by atoms with van der Waals surface area (Å²) >= 11 is 0. The summed E-state index contributed by atoms with van der Waals surface area (Å²) in [6, 6.07) is 6.28. The quantitative estimate of drug-likeness (QED) is 0.461. The number of ketones is 1. The van der Waals surface area contributed by atoms with Crippen molar-refractivity contribution in [1.82, 2.24) is 9.88 Å². The Morgan fingerprint density at radius 3 is 2.27 bits per heavy atom. The highest BCUT2D eigenvalue weighted by molar-refractivity contribution is 6.07. The third kappa shape index (κ3) is 5.29. The molecule has 1 amide bonds. The lowest BCUT2D eigenvalue weighted by atomic mass is 9.88. The number of hydrogen-bond acceptors (Lipinski definition) is 5. The highest BCUT2D eigenvalue weighted by Gasteiger charge is 2.33. The van der Waals surface area contributed by atoms with E-state index in [2.05, 4.69) is 4.98 Å². The number of carbonyl (C=O) groups excluding carboxylic acids is 3. The SMILES string of the molecule is COC(=O)c1[nH]c(C)c(C(=O)C(C)N(CC2CCCCC2)C(=O)c2ccc(OC)cc2)c1C. The Morgan fingerprint density at radius 1 is 1.06 bits per heavy atom. The second kappa shape index (κ2) is 10.7. The summed E-state index contributed by atoms with van der Waals surface area (Å²) in [5.74, 6) is 0.159. The fourth-order valence-electron chi connectivity index (χ4n) is 4.74. The van der Waals surface area contributed by atoms with Crippen molar-refractivity contribution in [3.8, 4) is 5.75 Å². The molecule has 0 spiro atoms. The molecule has 1 atom stereocenters. The number of amides is 1. The number of aryl methyl sites for hydroxylation is 1. The monoisotopic (exact) mass is 454 g/mol. The topological polar surface area (TPSA) is 88.7 Å². The van der Waals surface area contributed by atoms with Crippen molar-refractivity contribution in [3.63, 3.8) is 0 Å². The van der Waals surface area contributed by atoms with Gasteiger partial charge in [-0.25, -0.2) is 4.79 Å². The fraction of sp³-hybridized carbons (Fsp3) is 0.500. The first-order chi connectivity index (χ1) is 15.8. The van der Waals surface area contributed by atoms with E-state index >= 15 is 0 Å². The van der Waals surface area contributed by atoms with Gasteiger partial charge in [-0.15, -0.1) is 0 Å². The van der Waals surface area contributed by atoms with Gasteiger partial charge in [0.25, 0.3) is 5.91 Å². The molecule has 0 aliphatic heterocycles. The second-order valence-corrected chi connectivity index (χ2v) is 8.85. The van der Waals surface area contributed by atoms with Gasteiger partial charge in [-0.1, -0.05) is 19.3 Å². The molecule has 33 heavy (non-hydrogen) atoms. The maximum Gasteiger partial charge on any atom is 0.354 e. The van der Waals surface area contributed by atoms with Crippen LogP contribution in [0.4, 0.5) is 0 Å². The summed E-state index contributed by atoms with van der Waals surface area (Å²) in [4.78, 5) is 44.0. The predicted molar refractivity (Wildman–Crippen MR) is 126 cm³/mol. The van der Waals surface area contributed by atoms with Crippen molar-refractivity contribution in [1.29, 1.82) is 0 Å². The smallest absolute Gasteiger partial charge is 0.354 e. The average Bonchev–Trinajstić information content (AvgIpc) is 3.15. The number of nitrogens with zero attached hydrogens (tertiary/aromatic N) is 1. The number of ether oxygens (including phenoxy) is 2. The first-order valence-electron chi connectivity index (χ1n) is 11.5. The molecule has 7 heteroatoms. The molecule has 1 heterocycles. The molecule has 178 valence electrons. The van der Waals surface area contributed by atoms with E-state index < -0.39 is 12.0 Å². The van der Waals surface area contributed by atoms with Gasteiger partial charge >= 0.3 is 5.97 Å². The van der Waals surface area contributed by atoms with Crippen molar-refractivity contribution in [3.05, 3.63) is 52.3 Å². The Labute approximate surface area is 195 Å². The third-order valence-electron chi connectivity index (χ3n) is 6.70. The van der Waals surface area contributed by atoms with Crippen LogP contribution in [0.15, 0.2) is 24.3 Å². The summed E-state index contributed by atoms with van der Waals surface area (Å²) in [5, 5.41) is 0. The molecule has 1 aliphatic carbocycles. The van der Waals surface area contributed by atoms with Gasteiger partial charge in [0.05, 0.1) is 20.3 Å². The summed E-state index contributed by atoms with van der Waals surface area (Å²) in [6.45, 7) is 5.79. The zero-order chi connectivity index (χ0) is 24.1. The number of methoxy groups -OCH3 is 2. The van der Waals surface area contributed by atoms with Gasteiger partial charge in [0.2, 0.25) is 0 Å². The highest BCUT2D eigenvalue weighted by Crippen LogP contribution is 2.28. The Balaban J connectivity index is 1.93. The number of rotatable bonds is 8. The van der Waals surface area contributed by atoms with Crippen LogP contribution >= 0.6 is 0 Å².